The topological polar surface area (TPSA) is 59.8 Å². The van der Waals surface area contributed by atoms with Crippen LogP contribution in [0.15, 0.2) is 17.6 Å². The highest BCUT2D eigenvalue weighted by molar-refractivity contribution is 7.13. The minimum atomic E-state index is -0.217. The van der Waals surface area contributed by atoms with Crippen molar-refractivity contribution in [1.82, 2.24) is 14.8 Å². The van der Waals surface area contributed by atoms with Crippen LogP contribution in [0, 0.1) is 6.92 Å². The molecule has 0 unspecified atom stereocenters. The summed E-state index contributed by atoms with van der Waals surface area (Å²) in [6.45, 7) is 4.68. The molecule has 6 heteroatoms. The molecule has 1 N–H and O–H groups in total. The number of rotatable bonds is 3. The molecule has 0 aliphatic carbocycles. The third-order valence-corrected chi connectivity index (χ3v) is 2.85. The Balaban J connectivity index is 2.15. The summed E-state index contributed by atoms with van der Waals surface area (Å²) in [7, 11) is 0. The van der Waals surface area contributed by atoms with E-state index in [2.05, 4.69) is 15.4 Å². The van der Waals surface area contributed by atoms with Gasteiger partial charge in [0.2, 0.25) is 0 Å². The molecule has 0 aliphatic heterocycles. The van der Waals surface area contributed by atoms with Gasteiger partial charge in [-0.3, -0.25) is 14.8 Å². The molecule has 0 atom stereocenters. The number of hydrogen-bond acceptors (Lipinski definition) is 4. The second-order valence-electron chi connectivity index (χ2n) is 3.28. The highest BCUT2D eigenvalue weighted by atomic mass is 32.1. The average Bonchev–Trinajstić information content (AvgIpc) is 2.87. The lowest BCUT2D eigenvalue weighted by molar-refractivity contribution is 0.102. The quantitative estimate of drug-likeness (QED) is 0.885. The third-order valence-electron chi connectivity index (χ3n) is 2.17. The molecule has 0 spiro atoms. The van der Waals surface area contributed by atoms with E-state index in [9.17, 15) is 4.79 Å². The molecule has 2 aromatic heterocycles. The first-order valence-electron chi connectivity index (χ1n) is 4.96. The van der Waals surface area contributed by atoms with E-state index in [0.29, 0.717) is 10.8 Å². The zero-order valence-electron chi connectivity index (χ0n) is 9.10. The van der Waals surface area contributed by atoms with Crippen LogP contribution in [0.5, 0.6) is 0 Å². The zero-order valence-corrected chi connectivity index (χ0v) is 9.91. The lowest BCUT2D eigenvalue weighted by Gasteiger charge is -1.98. The minimum Gasteiger partial charge on any atom is -0.296 e. The number of thiazole rings is 1. The van der Waals surface area contributed by atoms with Crippen LogP contribution in [0.25, 0.3) is 0 Å². The molecule has 0 saturated carbocycles. The molecule has 2 heterocycles. The Kier molecular flexibility index (Phi) is 3.00. The van der Waals surface area contributed by atoms with Crippen molar-refractivity contribution in [1.29, 1.82) is 0 Å². The number of aromatic nitrogens is 3. The van der Waals surface area contributed by atoms with Gasteiger partial charge >= 0.3 is 0 Å². The van der Waals surface area contributed by atoms with Crippen molar-refractivity contribution in [2.45, 2.75) is 20.4 Å². The summed E-state index contributed by atoms with van der Waals surface area (Å²) in [6, 6.07) is 1.77. The molecule has 2 aromatic rings. The molecule has 0 aliphatic rings. The third kappa shape index (κ3) is 2.11. The van der Waals surface area contributed by atoms with Crippen LogP contribution in [0.3, 0.4) is 0 Å². The number of aryl methyl sites for hydroxylation is 2. The fraction of sp³-hybridized carbons (Fsp3) is 0.300. The fourth-order valence-corrected chi connectivity index (χ4v) is 1.91. The normalized spacial score (nSPS) is 10.4. The molecule has 0 aromatic carbocycles. The minimum absolute atomic E-state index is 0.217. The second kappa shape index (κ2) is 4.44. The Morgan fingerprint density at radius 3 is 3.00 bits per heavy atom. The van der Waals surface area contributed by atoms with Crippen LogP contribution >= 0.6 is 11.3 Å². The second-order valence-corrected chi connectivity index (χ2v) is 4.17. The van der Waals surface area contributed by atoms with Crippen molar-refractivity contribution < 1.29 is 4.79 Å². The van der Waals surface area contributed by atoms with E-state index in [4.69, 9.17) is 0 Å². The first-order valence-corrected chi connectivity index (χ1v) is 5.84. The average molecular weight is 236 g/mol. The van der Waals surface area contributed by atoms with Gasteiger partial charge in [-0.05, 0) is 19.9 Å². The number of carbonyl (C=O) groups excluding carboxylic acids is 1. The monoisotopic (exact) mass is 236 g/mol. The first kappa shape index (κ1) is 10.8. The molecule has 0 radical (unpaired) electrons. The van der Waals surface area contributed by atoms with E-state index in [1.54, 1.807) is 16.9 Å². The van der Waals surface area contributed by atoms with Crippen molar-refractivity contribution in [2.75, 3.05) is 5.32 Å². The summed E-state index contributed by atoms with van der Waals surface area (Å²) in [4.78, 5) is 15.8. The number of anilines is 1. The molecular weight excluding hydrogens is 224 g/mol. The van der Waals surface area contributed by atoms with Crippen molar-refractivity contribution in [3.8, 4) is 0 Å². The maximum atomic E-state index is 11.8. The van der Waals surface area contributed by atoms with Gasteiger partial charge in [0, 0.05) is 23.8 Å². The predicted molar refractivity (Wildman–Crippen MR) is 62.7 cm³/mol. The summed E-state index contributed by atoms with van der Waals surface area (Å²) >= 11 is 1.39. The molecule has 0 fully saturated rings. The van der Waals surface area contributed by atoms with Gasteiger partial charge in [-0.25, -0.2) is 4.98 Å². The predicted octanol–water partition coefficient (Wildman–Crippen LogP) is 1.92. The van der Waals surface area contributed by atoms with E-state index >= 15 is 0 Å². The van der Waals surface area contributed by atoms with Crippen molar-refractivity contribution in [2.24, 2.45) is 0 Å². The summed E-state index contributed by atoms with van der Waals surface area (Å²) in [6.07, 6.45) is 1.65. The van der Waals surface area contributed by atoms with Crippen LogP contribution in [-0.2, 0) is 6.54 Å². The number of amides is 1. The molecule has 84 valence electrons. The van der Waals surface area contributed by atoms with Gasteiger partial charge in [-0.2, -0.15) is 5.10 Å². The van der Waals surface area contributed by atoms with Crippen molar-refractivity contribution in [3.05, 3.63) is 29.0 Å². The fourth-order valence-electron chi connectivity index (χ4n) is 1.39. The number of nitrogens with one attached hydrogen (secondary N) is 1. The van der Waals surface area contributed by atoms with Gasteiger partial charge in [-0.1, -0.05) is 0 Å². The van der Waals surface area contributed by atoms with Crippen molar-refractivity contribution in [3.63, 3.8) is 0 Å². The van der Waals surface area contributed by atoms with E-state index in [1.807, 2.05) is 19.2 Å². The molecular formula is C10H12N4OS. The maximum Gasteiger partial charge on any atom is 0.277 e. The first-order chi connectivity index (χ1) is 7.70. The summed E-state index contributed by atoms with van der Waals surface area (Å²) in [5, 5.41) is 9.29. The van der Waals surface area contributed by atoms with Gasteiger partial charge < -0.3 is 0 Å². The Morgan fingerprint density at radius 2 is 2.44 bits per heavy atom. The van der Waals surface area contributed by atoms with Crippen LogP contribution in [0.1, 0.15) is 23.1 Å². The van der Waals surface area contributed by atoms with Gasteiger partial charge in [0.15, 0.2) is 10.8 Å². The maximum absolute atomic E-state index is 11.8. The van der Waals surface area contributed by atoms with Gasteiger partial charge in [0.25, 0.3) is 5.91 Å². The number of carbonyl (C=O) groups is 1. The van der Waals surface area contributed by atoms with E-state index in [0.717, 1.165) is 12.2 Å². The van der Waals surface area contributed by atoms with Crippen molar-refractivity contribution >= 4 is 22.4 Å². The molecule has 0 saturated heterocycles. The van der Waals surface area contributed by atoms with Crippen LogP contribution in [0.2, 0.25) is 0 Å². The Hall–Kier alpha value is -1.69. The number of hydrogen-bond donors (Lipinski definition) is 1. The molecule has 1 amide bonds. The zero-order chi connectivity index (χ0) is 11.5. The van der Waals surface area contributed by atoms with Crippen LogP contribution < -0.4 is 5.32 Å². The lowest BCUT2D eigenvalue weighted by Crippen LogP contribution is -2.13. The Labute approximate surface area is 97.1 Å². The van der Waals surface area contributed by atoms with Crippen LogP contribution in [0.4, 0.5) is 5.13 Å². The summed E-state index contributed by atoms with van der Waals surface area (Å²) in [5.74, 6) is -0.217. The van der Waals surface area contributed by atoms with Crippen LogP contribution in [-0.4, -0.2) is 20.7 Å². The standard InChI is InChI=1S/C10H12N4OS/c1-3-14-7(2)6-8(13-14)9(15)12-10-11-4-5-16-10/h4-6H,3H2,1-2H3,(H,11,12,15). The Morgan fingerprint density at radius 1 is 1.62 bits per heavy atom. The summed E-state index contributed by atoms with van der Waals surface area (Å²) in [5.41, 5.74) is 1.40. The highest BCUT2D eigenvalue weighted by Gasteiger charge is 2.12. The lowest BCUT2D eigenvalue weighted by atomic mass is 10.3. The van der Waals surface area contributed by atoms with Gasteiger partial charge in [0.1, 0.15) is 0 Å². The van der Waals surface area contributed by atoms with E-state index in [-0.39, 0.29) is 5.91 Å². The molecule has 16 heavy (non-hydrogen) atoms. The smallest absolute Gasteiger partial charge is 0.277 e. The molecule has 0 bridgehead atoms. The van der Waals surface area contributed by atoms with E-state index in [1.165, 1.54) is 11.3 Å². The Bertz CT molecular complexity index is 489. The number of nitrogens with zero attached hydrogens (tertiary/aromatic N) is 3. The van der Waals surface area contributed by atoms with E-state index < -0.39 is 0 Å². The molecule has 5 nitrogen and oxygen atoms in total. The summed E-state index contributed by atoms with van der Waals surface area (Å²) < 4.78 is 1.79. The largest absolute Gasteiger partial charge is 0.296 e. The van der Waals surface area contributed by atoms with Gasteiger partial charge in [-0.15, -0.1) is 11.3 Å². The van der Waals surface area contributed by atoms with Gasteiger partial charge in [0.05, 0.1) is 0 Å². The molecule has 2 rings (SSSR count). The highest BCUT2D eigenvalue weighted by Crippen LogP contribution is 2.12. The SMILES string of the molecule is CCn1nc(C(=O)Nc2nccs2)cc1C.